The first-order valence-electron chi connectivity index (χ1n) is 6.45. The predicted octanol–water partition coefficient (Wildman–Crippen LogP) is 3.49. The Kier molecular flexibility index (Phi) is 3.18. The van der Waals surface area contributed by atoms with Crippen molar-refractivity contribution in [1.29, 1.82) is 0 Å². The van der Waals surface area contributed by atoms with Gasteiger partial charge in [0.15, 0.2) is 0 Å². The lowest BCUT2D eigenvalue weighted by Gasteiger charge is -2.17. The predicted molar refractivity (Wildman–Crippen MR) is 74.1 cm³/mol. The van der Waals surface area contributed by atoms with Crippen LogP contribution in [0.25, 0.3) is 0 Å². The van der Waals surface area contributed by atoms with Gasteiger partial charge in [0.1, 0.15) is 11.9 Å². The summed E-state index contributed by atoms with van der Waals surface area (Å²) in [6, 6.07) is 18.5. The molecule has 1 aliphatic heterocycles. The molecule has 0 bridgehead atoms. The second kappa shape index (κ2) is 5.13. The van der Waals surface area contributed by atoms with E-state index in [2.05, 4.69) is 29.6 Å². The molecular weight excluding hydrogens is 222 g/mol. The fourth-order valence-electron chi connectivity index (χ4n) is 2.35. The molecule has 0 aliphatic carbocycles. The van der Waals surface area contributed by atoms with E-state index in [0.29, 0.717) is 0 Å². The highest BCUT2D eigenvalue weighted by atomic mass is 16.5. The standard InChI is InChI=1S/C16H17NO/c1-2-7-14(8-3-1)18-15-11-10-13-6-4-5-9-16(13)17-12-15/h1-9,15,17H,10-12H2. The Bertz CT molecular complexity index is 483. The fourth-order valence-corrected chi connectivity index (χ4v) is 2.35. The van der Waals surface area contributed by atoms with Gasteiger partial charge in [0.05, 0.1) is 6.54 Å². The maximum atomic E-state index is 6.00. The third-order valence-corrected chi connectivity index (χ3v) is 3.32. The molecule has 92 valence electrons. The first-order valence-corrected chi connectivity index (χ1v) is 6.45. The van der Waals surface area contributed by atoms with Crippen LogP contribution in [0.4, 0.5) is 5.69 Å². The zero-order chi connectivity index (χ0) is 12.2. The maximum absolute atomic E-state index is 6.00. The molecule has 0 aromatic heterocycles. The van der Waals surface area contributed by atoms with Gasteiger partial charge < -0.3 is 10.1 Å². The van der Waals surface area contributed by atoms with E-state index in [4.69, 9.17) is 4.74 Å². The molecule has 1 unspecified atom stereocenters. The van der Waals surface area contributed by atoms with Crippen molar-refractivity contribution >= 4 is 5.69 Å². The molecule has 2 aromatic carbocycles. The quantitative estimate of drug-likeness (QED) is 0.866. The summed E-state index contributed by atoms with van der Waals surface area (Å²) in [5.41, 5.74) is 2.63. The van der Waals surface area contributed by atoms with Crippen molar-refractivity contribution in [3.8, 4) is 5.75 Å². The second-order valence-corrected chi connectivity index (χ2v) is 4.63. The molecule has 18 heavy (non-hydrogen) atoms. The van der Waals surface area contributed by atoms with Gasteiger partial charge in [0, 0.05) is 5.69 Å². The van der Waals surface area contributed by atoms with Crippen molar-refractivity contribution in [2.45, 2.75) is 18.9 Å². The molecule has 3 rings (SSSR count). The van der Waals surface area contributed by atoms with Crippen molar-refractivity contribution in [3.63, 3.8) is 0 Å². The second-order valence-electron chi connectivity index (χ2n) is 4.63. The van der Waals surface area contributed by atoms with Gasteiger partial charge in [0.25, 0.3) is 0 Å². The first-order chi connectivity index (χ1) is 8.92. The highest BCUT2D eigenvalue weighted by molar-refractivity contribution is 5.52. The summed E-state index contributed by atoms with van der Waals surface area (Å²) >= 11 is 0. The van der Waals surface area contributed by atoms with Crippen molar-refractivity contribution in [2.24, 2.45) is 0 Å². The first kappa shape index (κ1) is 11.1. The number of para-hydroxylation sites is 2. The number of nitrogens with one attached hydrogen (secondary N) is 1. The van der Waals surface area contributed by atoms with Crippen molar-refractivity contribution in [1.82, 2.24) is 0 Å². The van der Waals surface area contributed by atoms with Gasteiger partial charge in [-0.3, -0.25) is 0 Å². The summed E-state index contributed by atoms with van der Waals surface area (Å²) in [5.74, 6) is 0.954. The Hall–Kier alpha value is -1.96. The van der Waals surface area contributed by atoms with Crippen LogP contribution in [-0.4, -0.2) is 12.6 Å². The van der Waals surface area contributed by atoms with Gasteiger partial charge in [-0.15, -0.1) is 0 Å². The maximum Gasteiger partial charge on any atom is 0.119 e. The van der Waals surface area contributed by atoms with E-state index >= 15 is 0 Å². The lowest BCUT2D eigenvalue weighted by Crippen LogP contribution is -2.24. The highest BCUT2D eigenvalue weighted by Crippen LogP contribution is 2.23. The summed E-state index contributed by atoms with van der Waals surface area (Å²) in [7, 11) is 0. The topological polar surface area (TPSA) is 21.3 Å². The molecule has 1 aliphatic rings. The van der Waals surface area contributed by atoms with Gasteiger partial charge in [-0.05, 0) is 36.6 Å². The molecule has 0 fully saturated rings. The number of rotatable bonds is 2. The molecule has 0 saturated carbocycles. The molecule has 0 amide bonds. The fraction of sp³-hybridized carbons (Fsp3) is 0.250. The summed E-state index contributed by atoms with van der Waals surface area (Å²) in [5, 5.41) is 3.47. The van der Waals surface area contributed by atoms with Crippen LogP contribution < -0.4 is 10.1 Å². The van der Waals surface area contributed by atoms with Crippen LogP contribution in [0.1, 0.15) is 12.0 Å². The Morgan fingerprint density at radius 3 is 2.61 bits per heavy atom. The molecule has 1 N–H and O–H groups in total. The third-order valence-electron chi connectivity index (χ3n) is 3.32. The van der Waals surface area contributed by atoms with E-state index < -0.39 is 0 Å². The van der Waals surface area contributed by atoms with Crippen molar-refractivity contribution in [2.75, 3.05) is 11.9 Å². The number of benzene rings is 2. The molecule has 1 heterocycles. The largest absolute Gasteiger partial charge is 0.489 e. The molecule has 0 saturated heterocycles. The minimum atomic E-state index is 0.236. The number of hydrogen-bond donors (Lipinski definition) is 1. The number of aryl methyl sites for hydroxylation is 1. The van der Waals surface area contributed by atoms with E-state index in [1.165, 1.54) is 11.3 Å². The molecule has 1 atom stereocenters. The summed E-state index contributed by atoms with van der Waals surface area (Å²) in [4.78, 5) is 0. The van der Waals surface area contributed by atoms with E-state index in [1.54, 1.807) is 0 Å². The number of hydrogen-bond acceptors (Lipinski definition) is 2. The number of anilines is 1. The van der Waals surface area contributed by atoms with Crippen molar-refractivity contribution in [3.05, 3.63) is 60.2 Å². The SMILES string of the molecule is c1ccc(OC2CCc3ccccc3NC2)cc1. The lowest BCUT2D eigenvalue weighted by atomic mass is 10.1. The van der Waals surface area contributed by atoms with Crippen LogP contribution in [0, 0.1) is 0 Å². The van der Waals surface area contributed by atoms with Gasteiger partial charge in [-0.2, -0.15) is 0 Å². The van der Waals surface area contributed by atoms with E-state index in [-0.39, 0.29) is 6.10 Å². The zero-order valence-corrected chi connectivity index (χ0v) is 10.3. The smallest absolute Gasteiger partial charge is 0.119 e. The van der Waals surface area contributed by atoms with Crippen LogP contribution in [0.2, 0.25) is 0 Å². The van der Waals surface area contributed by atoms with Crippen LogP contribution >= 0.6 is 0 Å². The Morgan fingerprint density at radius 1 is 0.944 bits per heavy atom. The molecule has 2 nitrogen and oxygen atoms in total. The van der Waals surface area contributed by atoms with Gasteiger partial charge in [0.2, 0.25) is 0 Å². The molecule has 2 aromatic rings. The summed E-state index contributed by atoms with van der Waals surface area (Å²) < 4.78 is 6.00. The molecule has 2 heteroatoms. The highest BCUT2D eigenvalue weighted by Gasteiger charge is 2.16. The normalized spacial score (nSPS) is 18.3. The van der Waals surface area contributed by atoms with Gasteiger partial charge in [-0.1, -0.05) is 36.4 Å². The average Bonchev–Trinajstić information content (AvgIpc) is 2.63. The zero-order valence-electron chi connectivity index (χ0n) is 10.3. The average molecular weight is 239 g/mol. The van der Waals surface area contributed by atoms with E-state index in [9.17, 15) is 0 Å². The van der Waals surface area contributed by atoms with Gasteiger partial charge in [-0.25, -0.2) is 0 Å². The van der Waals surface area contributed by atoms with Crippen LogP contribution in [0.5, 0.6) is 5.75 Å². The van der Waals surface area contributed by atoms with E-state index in [0.717, 1.165) is 25.1 Å². The van der Waals surface area contributed by atoms with Crippen molar-refractivity contribution < 1.29 is 4.74 Å². The van der Waals surface area contributed by atoms with Crippen LogP contribution in [0.3, 0.4) is 0 Å². The van der Waals surface area contributed by atoms with Gasteiger partial charge >= 0.3 is 0 Å². The Labute approximate surface area is 108 Å². The molecule has 0 spiro atoms. The van der Waals surface area contributed by atoms with Crippen LogP contribution in [0.15, 0.2) is 54.6 Å². The lowest BCUT2D eigenvalue weighted by molar-refractivity contribution is 0.206. The number of ether oxygens (including phenoxy) is 1. The summed E-state index contributed by atoms with van der Waals surface area (Å²) in [6.07, 6.45) is 2.36. The van der Waals surface area contributed by atoms with Crippen LogP contribution in [-0.2, 0) is 6.42 Å². The van der Waals surface area contributed by atoms with E-state index in [1.807, 2.05) is 30.3 Å². The minimum Gasteiger partial charge on any atom is -0.489 e. The molecular formula is C16H17NO. The monoisotopic (exact) mass is 239 g/mol. The minimum absolute atomic E-state index is 0.236. The summed E-state index contributed by atoms with van der Waals surface area (Å²) in [6.45, 7) is 0.867. The Morgan fingerprint density at radius 2 is 1.72 bits per heavy atom. The third kappa shape index (κ3) is 2.48. The Balaban J connectivity index is 1.68. The number of fused-ring (bicyclic) bond motifs is 1. The molecule has 0 radical (unpaired) electrons.